The highest BCUT2D eigenvalue weighted by Gasteiger charge is 2.07. The van der Waals surface area contributed by atoms with Gasteiger partial charge in [-0.3, -0.25) is 4.79 Å². The molecule has 1 heterocycles. The first kappa shape index (κ1) is 6.33. The van der Waals surface area contributed by atoms with Gasteiger partial charge in [0.05, 0.1) is 6.26 Å². The quantitative estimate of drug-likeness (QED) is 0.459. The molecule has 2 heteroatoms. The molecule has 0 amide bonds. The highest BCUT2D eigenvalue weighted by Crippen LogP contribution is 2.11. The van der Waals surface area contributed by atoms with Crippen LogP contribution in [-0.2, 0) is 9.53 Å². The van der Waals surface area contributed by atoms with Gasteiger partial charge in [-0.1, -0.05) is 6.92 Å². The minimum atomic E-state index is -0.115. The van der Waals surface area contributed by atoms with Gasteiger partial charge in [0.25, 0.3) is 0 Å². The van der Waals surface area contributed by atoms with E-state index in [1.165, 1.54) is 6.26 Å². The van der Waals surface area contributed by atoms with Crippen molar-refractivity contribution in [3.63, 3.8) is 0 Å². The Balaban J connectivity index is 2.48. The Labute approximate surface area is 54.5 Å². The van der Waals surface area contributed by atoms with E-state index in [0.29, 0.717) is 12.3 Å². The molecule has 0 fully saturated rings. The van der Waals surface area contributed by atoms with Gasteiger partial charge in [-0.05, 0) is 18.4 Å². The zero-order valence-electron chi connectivity index (χ0n) is 5.46. The molecule has 9 heavy (non-hydrogen) atoms. The molecule has 1 aliphatic rings. The second kappa shape index (κ2) is 2.67. The lowest BCUT2D eigenvalue weighted by molar-refractivity contribution is -0.137. The molecule has 50 valence electrons. The molecule has 0 N–H and O–H groups in total. The molecule has 1 aliphatic heterocycles. The summed E-state index contributed by atoms with van der Waals surface area (Å²) in [4.78, 5) is 10.6. The number of rotatable bonds is 0. The van der Waals surface area contributed by atoms with Gasteiger partial charge < -0.3 is 4.74 Å². The van der Waals surface area contributed by atoms with Gasteiger partial charge in [0.15, 0.2) is 0 Å². The second-order valence-electron chi connectivity index (χ2n) is 2.33. The van der Waals surface area contributed by atoms with Crippen molar-refractivity contribution in [1.29, 1.82) is 0 Å². The number of allylic oxidation sites excluding steroid dienone is 1. The Morgan fingerprint density at radius 3 is 3.33 bits per heavy atom. The van der Waals surface area contributed by atoms with Gasteiger partial charge in [-0.15, -0.1) is 0 Å². The van der Waals surface area contributed by atoms with E-state index in [0.717, 1.165) is 6.42 Å². The summed E-state index contributed by atoms with van der Waals surface area (Å²) in [5, 5.41) is 0. The predicted molar refractivity (Wildman–Crippen MR) is 33.6 cm³/mol. The SMILES string of the molecule is CC1C=COC(=O)CC1. The van der Waals surface area contributed by atoms with Crippen LogP contribution in [0.25, 0.3) is 0 Å². The van der Waals surface area contributed by atoms with E-state index in [2.05, 4.69) is 11.7 Å². The fourth-order valence-corrected chi connectivity index (χ4v) is 0.750. The zero-order chi connectivity index (χ0) is 6.69. The number of cyclic esters (lactones) is 1. The lowest BCUT2D eigenvalue weighted by Gasteiger charge is -1.96. The lowest BCUT2D eigenvalue weighted by atomic mass is 10.1. The molecule has 0 bridgehead atoms. The summed E-state index contributed by atoms with van der Waals surface area (Å²) < 4.78 is 4.65. The smallest absolute Gasteiger partial charge is 0.310 e. The van der Waals surface area contributed by atoms with E-state index in [1.54, 1.807) is 0 Å². The maximum Gasteiger partial charge on any atom is 0.310 e. The molecule has 0 aliphatic carbocycles. The number of ether oxygens (including phenoxy) is 1. The molecule has 0 aromatic rings. The molecule has 0 aromatic heterocycles. The fourth-order valence-electron chi connectivity index (χ4n) is 0.750. The van der Waals surface area contributed by atoms with E-state index >= 15 is 0 Å². The molecular formula is C7H10O2. The third-order valence-electron chi connectivity index (χ3n) is 1.41. The third-order valence-corrected chi connectivity index (χ3v) is 1.41. The highest BCUT2D eigenvalue weighted by molar-refractivity contribution is 5.70. The molecule has 1 rings (SSSR count). The van der Waals surface area contributed by atoms with Crippen molar-refractivity contribution < 1.29 is 9.53 Å². The Kier molecular flexibility index (Phi) is 1.88. The van der Waals surface area contributed by atoms with E-state index in [1.807, 2.05) is 6.08 Å². The Morgan fingerprint density at radius 1 is 1.78 bits per heavy atom. The van der Waals surface area contributed by atoms with Crippen molar-refractivity contribution in [2.24, 2.45) is 5.92 Å². The van der Waals surface area contributed by atoms with Crippen LogP contribution in [0.3, 0.4) is 0 Å². The van der Waals surface area contributed by atoms with Gasteiger partial charge in [-0.25, -0.2) is 0 Å². The van der Waals surface area contributed by atoms with Crippen LogP contribution >= 0.6 is 0 Å². The molecule has 2 nitrogen and oxygen atoms in total. The van der Waals surface area contributed by atoms with Crippen molar-refractivity contribution in [1.82, 2.24) is 0 Å². The van der Waals surface area contributed by atoms with Crippen molar-refractivity contribution >= 4 is 5.97 Å². The van der Waals surface area contributed by atoms with Crippen LogP contribution in [-0.4, -0.2) is 5.97 Å². The van der Waals surface area contributed by atoms with Gasteiger partial charge >= 0.3 is 5.97 Å². The number of hydrogen-bond acceptors (Lipinski definition) is 2. The zero-order valence-corrected chi connectivity index (χ0v) is 5.46. The van der Waals surface area contributed by atoms with Crippen molar-refractivity contribution in [3.8, 4) is 0 Å². The van der Waals surface area contributed by atoms with Gasteiger partial charge in [0.1, 0.15) is 0 Å². The monoisotopic (exact) mass is 126 g/mol. The maximum absolute atomic E-state index is 10.6. The summed E-state index contributed by atoms with van der Waals surface area (Å²) in [5.74, 6) is 0.368. The Bertz CT molecular complexity index is 138. The van der Waals surface area contributed by atoms with Crippen molar-refractivity contribution in [2.75, 3.05) is 0 Å². The Hall–Kier alpha value is -0.790. The van der Waals surface area contributed by atoms with Crippen LogP contribution in [0.2, 0.25) is 0 Å². The molecular weight excluding hydrogens is 116 g/mol. The average Bonchev–Trinajstić information content (AvgIpc) is 1.97. The van der Waals surface area contributed by atoms with E-state index in [4.69, 9.17) is 0 Å². The molecule has 0 saturated carbocycles. The third kappa shape index (κ3) is 1.88. The second-order valence-corrected chi connectivity index (χ2v) is 2.33. The summed E-state index contributed by atoms with van der Waals surface area (Å²) in [7, 11) is 0. The standard InChI is InChI=1S/C7H10O2/c1-6-2-3-7(8)9-5-4-6/h4-6H,2-3H2,1H3. The molecule has 0 saturated heterocycles. The Morgan fingerprint density at radius 2 is 2.56 bits per heavy atom. The van der Waals surface area contributed by atoms with Crippen molar-refractivity contribution in [2.45, 2.75) is 19.8 Å². The number of hydrogen-bond donors (Lipinski definition) is 0. The largest absolute Gasteiger partial charge is 0.435 e. The van der Waals surface area contributed by atoms with E-state index in [9.17, 15) is 4.79 Å². The molecule has 1 atom stereocenters. The number of carbonyl (C=O) groups is 1. The summed E-state index contributed by atoms with van der Waals surface area (Å²) in [5.41, 5.74) is 0. The van der Waals surface area contributed by atoms with Gasteiger partial charge in [0.2, 0.25) is 0 Å². The predicted octanol–water partition coefficient (Wildman–Crippen LogP) is 1.47. The first-order chi connectivity index (χ1) is 4.29. The van der Waals surface area contributed by atoms with Crippen LogP contribution in [0.5, 0.6) is 0 Å². The van der Waals surface area contributed by atoms with Crippen molar-refractivity contribution in [3.05, 3.63) is 12.3 Å². The van der Waals surface area contributed by atoms with E-state index in [-0.39, 0.29) is 5.97 Å². The summed E-state index contributed by atoms with van der Waals surface area (Å²) in [6.45, 7) is 2.07. The summed E-state index contributed by atoms with van der Waals surface area (Å²) in [6.07, 6.45) is 4.86. The van der Waals surface area contributed by atoms with Gasteiger partial charge in [-0.2, -0.15) is 0 Å². The molecule has 0 aromatic carbocycles. The lowest BCUT2D eigenvalue weighted by Crippen LogP contribution is -1.97. The average molecular weight is 126 g/mol. The fraction of sp³-hybridized carbons (Fsp3) is 0.571. The minimum absolute atomic E-state index is 0.115. The molecule has 1 unspecified atom stereocenters. The number of esters is 1. The topological polar surface area (TPSA) is 26.3 Å². The number of carbonyl (C=O) groups excluding carboxylic acids is 1. The summed E-state index contributed by atoms with van der Waals surface area (Å²) in [6, 6.07) is 0. The highest BCUT2D eigenvalue weighted by atomic mass is 16.5. The minimum Gasteiger partial charge on any atom is -0.435 e. The summed E-state index contributed by atoms with van der Waals surface area (Å²) >= 11 is 0. The molecule has 0 spiro atoms. The van der Waals surface area contributed by atoms with Crippen LogP contribution in [0.4, 0.5) is 0 Å². The van der Waals surface area contributed by atoms with Gasteiger partial charge in [0, 0.05) is 6.42 Å². The van der Waals surface area contributed by atoms with E-state index < -0.39 is 0 Å². The first-order valence-corrected chi connectivity index (χ1v) is 3.15. The first-order valence-electron chi connectivity index (χ1n) is 3.15. The van der Waals surface area contributed by atoms with Crippen LogP contribution < -0.4 is 0 Å². The van der Waals surface area contributed by atoms with Crippen LogP contribution in [0.15, 0.2) is 12.3 Å². The molecule has 0 radical (unpaired) electrons. The normalized spacial score (nSPS) is 27.2. The maximum atomic E-state index is 10.6. The van der Waals surface area contributed by atoms with Crippen LogP contribution in [0, 0.1) is 5.92 Å². The van der Waals surface area contributed by atoms with Crippen LogP contribution in [0.1, 0.15) is 19.8 Å².